The fraction of sp³-hybridized carbons (Fsp3) is 0.667. The molecule has 2 nitrogen and oxygen atoms in total. The van der Waals surface area contributed by atoms with E-state index in [1.165, 1.54) is 4.57 Å². The van der Waals surface area contributed by atoms with Crippen LogP contribution in [0.15, 0.2) is 0 Å². The molecule has 1 heterocycles. The Morgan fingerprint density at radius 3 is 2.00 bits per heavy atom. The molecule has 12 heavy (non-hydrogen) atoms. The zero-order valence-corrected chi connectivity index (χ0v) is 8.27. The third kappa shape index (κ3) is 1.36. The summed E-state index contributed by atoms with van der Waals surface area (Å²) in [6.07, 6.45) is -0.405. The van der Waals surface area contributed by atoms with Gasteiger partial charge in [-0.05, 0) is 6.92 Å². The van der Waals surface area contributed by atoms with Crippen LogP contribution in [0.4, 0.5) is 4.39 Å². The Bertz CT molecular complexity index is 294. The van der Waals surface area contributed by atoms with Gasteiger partial charge in [0.25, 0.3) is 6.08 Å². The molecule has 1 aromatic heterocycles. The molecule has 0 N–H and O–H groups in total. The van der Waals surface area contributed by atoms with E-state index < -0.39 is 6.08 Å². The number of imidazole rings is 1. The second-order valence-corrected chi connectivity index (χ2v) is 4.12. The fourth-order valence-corrected chi connectivity index (χ4v) is 1.26. The molecule has 0 aliphatic heterocycles. The summed E-state index contributed by atoms with van der Waals surface area (Å²) >= 11 is 0. The van der Waals surface area contributed by atoms with Gasteiger partial charge >= 0.3 is 0 Å². The van der Waals surface area contributed by atoms with E-state index >= 15 is 0 Å². The van der Waals surface area contributed by atoms with E-state index in [4.69, 9.17) is 0 Å². The first-order valence-electron chi connectivity index (χ1n) is 4.03. The van der Waals surface area contributed by atoms with E-state index in [9.17, 15) is 4.39 Å². The van der Waals surface area contributed by atoms with Crippen LogP contribution in [-0.4, -0.2) is 9.55 Å². The molecule has 0 amide bonds. The number of halogens is 1. The van der Waals surface area contributed by atoms with E-state index in [1.807, 2.05) is 27.7 Å². The van der Waals surface area contributed by atoms with Gasteiger partial charge in [0.2, 0.25) is 0 Å². The maximum Gasteiger partial charge on any atom is 0.289 e. The molecule has 68 valence electrons. The second-order valence-electron chi connectivity index (χ2n) is 4.12. The highest BCUT2D eigenvalue weighted by Gasteiger charge is 2.22. The first-order valence-corrected chi connectivity index (χ1v) is 4.03. The Balaban J connectivity index is 3.28. The van der Waals surface area contributed by atoms with Crippen molar-refractivity contribution < 1.29 is 4.39 Å². The molecule has 0 saturated heterocycles. The van der Waals surface area contributed by atoms with Crippen molar-refractivity contribution in [1.29, 1.82) is 0 Å². The summed E-state index contributed by atoms with van der Waals surface area (Å²) in [6, 6.07) is 0. The lowest BCUT2D eigenvalue weighted by Crippen LogP contribution is -2.13. The lowest BCUT2D eigenvalue weighted by molar-refractivity contribution is 0.491. The van der Waals surface area contributed by atoms with Gasteiger partial charge in [-0.1, -0.05) is 20.8 Å². The van der Waals surface area contributed by atoms with Crippen LogP contribution in [0.3, 0.4) is 0 Å². The van der Waals surface area contributed by atoms with Crippen LogP contribution in [0, 0.1) is 13.0 Å². The van der Waals surface area contributed by atoms with Crippen LogP contribution in [0.2, 0.25) is 0 Å². The first-order chi connectivity index (χ1) is 5.34. The number of hydrogen-bond donors (Lipinski definition) is 0. The minimum absolute atomic E-state index is 0.0772. The van der Waals surface area contributed by atoms with Gasteiger partial charge in [0.15, 0.2) is 0 Å². The van der Waals surface area contributed by atoms with E-state index in [0.29, 0.717) is 0 Å². The monoisotopic (exact) mass is 170 g/mol. The highest BCUT2D eigenvalue weighted by Crippen LogP contribution is 2.24. The molecule has 0 aromatic carbocycles. The number of nitrogens with zero attached hydrogens (tertiary/aromatic N) is 2. The van der Waals surface area contributed by atoms with Crippen LogP contribution in [0.5, 0.6) is 0 Å². The topological polar surface area (TPSA) is 17.8 Å². The van der Waals surface area contributed by atoms with Crippen molar-refractivity contribution in [2.75, 3.05) is 0 Å². The van der Waals surface area contributed by atoms with Crippen molar-refractivity contribution in [3.05, 3.63) is 17.5 Å². The molecule has 3 heteroatoms. The summed E-state index contributed by atoms with van der Waals surface area (Å²) in [5.74, 6) is 0. The predicted octanol–water partition coefficient (Wildman–Crippen LogP) is 2.17. The molecule has 0 aliphatic rings. The highest BCUT2D eigenvalue weighted by atomic mass is 19.1. The number of hydrogen-bond acceptors (Lipinski definition) is 1. The third-order valence-electron chi connectivity index (χ3n) is 2.04. The quantitative estimate of drug-likeness (QED) is 0.583. The summed E-state index contributed by atoms with van der Waals surface area (Å²) in [6.45, 7) is 7.97. The third-order valence-corrected chi connectivity index (χ3v) is 2.04. The van der Waals surface area contributed by atoms with Crippen molar-refractivity contribution in [1.82, 2.24) is 9.55 Å². The molecule has 0 atom stereocenters. The second kappa shape index (κ2) is 2.57. The van der Waals surface area contributed by atoms with Crippen LogP contribution in [0.25, 0.3) is 0 Å². The number of aromatic nitrogens is 2. The van der Waals surface area contributed by atoms with Gasteiger partial charge in [0.1, 0.15) is 0 Å². The molecular formula is C9H15FN2. The summed E-state index contributed by atoms with van der Waals surface area (Å²) in [4.78, 5) is 3.88. The maximum absolute atomic E-state index is 13.0. The van der Waals surface area contributed by atoms with E-state index in [0.717, 1.165) is 11.4 Å². The van der Waals surface area contributed by atoms with Gasteiger partial charge in [0.05, 0.1) is 5.69 Å². The van der Waals surface area contributed by atoms with Gasteiger partial charge in [-0.25, -0.2) is 4.98 Å². The summed E-state index contributed by atoms with van der Waals surface area (Å²) < 4.78 is 14.5. The SMILES string of the molecule is Cc1c(C(C)(C)C)nc(F)n1C. The lowest BCUT2D eigenvalue weighted by Gasteiger charge is -2.16. The van der Waals surface area contributed by atoms with Crippen molar-refractivity contribution >= 4 is 0 Å². The summed E-state index contributed by atoms with van der Waals surface area (Å²) in [5, 5.41) is 0. The van der Waals surface area contributed by atoms with Gasteiger partial charge in [-0.2, -0.15) is 4.39 Å². The van der Waals surface area contributed by atoms with E-state index in [1.54, 1.807) is 7.05 Å². The molecule has 1 rings (SSSR count). The fourth-order valence-electron chi connectivity index (χ4n) is 1.26. The molecule has 0 aliphatic carbocycles. The molecule has 0 saturated carbocycles. The van der Waals surface area contributed by atoms with Crippen LogP contribution in [0.1, 0.15) is 32.2 Å². The van der Waals surface area contributed by atoms with Crippen molar-refractivity contribution in [2.45, 2.75) is 33.1 Å². The number of rotatable bonds is 0. The van der Waals surface area contributed by atoms with E-state index in [2.05, 4.69) is 4.98 Å². The Kier molecular flexibility index (Phi) is 1.98. The van der Waals surface area contributed by atoms with Crippen LogP contribution >= 0.6 is 0 Å². The average Bonchev–Trinajstić information content (AvgIpc) is 2.15. The Hall–Kier alpha value is -0.860. The van der Waals surface area contributed by atoms with E-state index in [-0.39, 0.29) is 5.41 Å². The van der Waals surface area contributed by atoms with Crippen LogP contribution in [-0.2, 0) is 12.5 Å². The molecule has 0 unspecified atom stereocenters. The van der Waals surface area contributed by atoms with Gasteiger partial charge < -0.3 is 4.57 Å². The van der Waals surface area contributed by atoms with Crippen LogP contribution < -0.4 is 0 Å². The molecule has 0 radical (unpaired) electrons. The Morgan fingerprint density at radius 1 is 1.33 bits per heavy atom. The van der Waals surface area contributed by atoms with Crippen molar-refractivity contribution in [3.8, 4) is 0 Å². The van der Waals surface area contributed by atoms with Gasteiger partial charge in [0, 0.05) is 18.2 Å². The minimum atomic E-state index is -0.405. The van der Waals surface area contributed by atoms with Gasteiger partial charge in [-0.3, -0.25) is 0 Å². The molecule has 0 bridgehead atoms. The summed E-state index contributed by atoms with van der Waals surface area (Å²) in [5.41, 5.74) is 1.66. The zero-order chi connectivity index (χ0) is 9.52. The predicted molar refractivity (Wildman–Crippen MR) is 46.6 cm³/mol. The van der Waals surface area contributed by atoms with Crippen molar-refractivity contribution in [3.63, 3.8) is 0 Å². The normalized spacial score (nSPS) is 12.2. The minimum Gasteiger partial charge on any atom is -0.308 e. The Labute approximate surface area is 72.4 Å². The zero-order valence-electron chi connectivity index (χ0n) is 8.27. The van der Waals surface area contributed by atoms with Crippen molar-refractivity contribution in [2.24, 2.45) is 7.05 Å². The Morgan fingerprint density at radius 2 is 1.83 bits per heavy atom. The molecular weight excluding hydrogens is 155 g/mol. The smallest absolute Gasteiger partial charge is 0.289 e. The lowest BCUT2D eigenvalue weighted by atomic mass is 9.91. The first kappa shape index (κ1) is 9.23. The maximum atomic E-state index is 13.0. The molecule has 0 fully saturated rings. The standard InChI is InChI=1S/C9H15FN2/c1-6-7(9(2,3)4)11-8(10)12(6)5/h1-5H3. The highest BCUT2D eigenvalue weighted by molar-refractivity contribution is 5.19. The molecule has 0 spiro atoms. The van der Waals surface area contributed by atoms with Gasteiger partial charge in [-0.15, -0.1) is 0 Å². The average molecular weight is 170 g/mol. The largest absolute Gasteiger partial charge is 0.308 e. The molecule has 1 aromatic rings. The summed E-state index contributed by atoms with van der Waals surface area (Å²) in [7, 11) is 1.69.